The number of fused-ring (bicyclic) bond motifs is 2. The summed E-state index contributed by atoms with van der Waals surface area (Å²) in [6.45, 7) is 0. The first kappa shape index (κ1) is 14.1. The van der Waals surface area contributed by atoms with E-state index in [2.05, 4.69) is 64.6 Å². The molecule has 1 unspecified atom stereocenters. The molecule has 0 aliphatic heterocycles. The van der Waals surface area contributed by atoms with Gasteiger partial charge in [-0.1, -0.05) is 48.5 Å². The molecule has 0 radical (unpaired) electrons. The second kappa shape index (κ2) is 5.35. The van der Waals surface area contributed by atoms with Gasteiger partial charge in [-0.15, -0.1) is 0 Å². The first-order chi connectivity index (χ1) is 12.3. The highest BCUT2D eigenvalue weighted by molar-refractivity contribution is 5.99. The maximum absolute atomic E-state index is 6.43. The van der Waals surface area contributed by atoms with Crippen LogP contribution in [-0.4, -0.2) is 9.97 Å². The minimum Gasteiger partial charge on any atom is -0.385 e. The van der Waals surface area contributed by atoms with Gasteiger partial charge >= 0.3 is 0 Å². The lowest BCUT2D eigenvalue weighted by atomic mass is 9.86. The fraction of sp³-hybridized carbons (Fsp3) is 0.0455. The van der Waals surface area contributed by atoms with E-state index < -0.39 is 0 Å². The van der Waals surface area contributed by atoms with Crippen LogP contribution in [0, 0.1) is 0 Å². The molecule has 0 saturated heterocycles. The summed E-state index contributed by atoms with van der Waals surface area (Å²) in [6.07, 6.45) is 4.08. The van der Waals surface area contributed by atoms with Crippen LogP contribution < -0.4 is 5.73 Å². The number of nitrogen functional groups attached to an aromatic ring is 1. The summed E-state index contributed by atoms with van der Waals surface area (Å²) in [5.74, 6) is 0.812. The Balaban J connectivity index is 1.80. The van der Waals surface area contributed by atoms with E-state index in [4.69, 9.17) is 5.73 Å². The SMILES string of the molecule is Nc1[nH]c2ccccc2c1C1C(c2ccccn2)=Cc2ccccc21. The molecule has 25 heavy (non-hydrogen) atoms. The van der Waals surface area contributed by atoms with Crippen LogP contribution in [0.3, 0.4) is 0 Å². The van der Waals surface area contributed by atoms with Crippen LogP contribution in [0.1, 0.15) is 28.3 Å². The third kappa shape index (κ3) is 2.09. The van der Waals surface area contributed by atoms with E-state index in [0.717, 1.165) is 22.6 Å². The molecule has 3 heteroatoms. The van der Waals surface area contributed by atoms with E-state index in [-0.39, 0.29) is 5.92 Å². The van der Waals surface area contributed by atoms with E-state index in [1.54, 1.807) is 0 Å². The summed E-state index contributed by atoms with van der Waals surface area (Å²) in [4.78, 5) is 7.93. The second-order valence-corrected chi connectivity index (χ2v) is 6.37. The van der Waals surface area contributed by atoms with Gasteiger partial charge in [0.25, 0.3) is 0 Å². The summed E-state index contributed by atoms with van der Waals surface area (Å²) in [6, 6.07) is 22.8. The molecular weight excluding hydrogens is 306 g/mol. The quantitative estimate of drug-likeness (QED) is 0.555. The van der Waals surface area contributed by atoms with Gasteiger partial charge in [0, 0.05) is 28.6 Å². The zero-order valence-electron chi connectivity index (χ0n) is 13.6. The third-order valence-corrected chi connectivity index (χ3v) is 4.96. The van der Waals surface area contributed by atoms with Gasteiger partial charge in [-0.3, -0.25) is 4.98 Å². The van der Waals surface area contributed by atoms with Crippen molar-refractivity contribution in [3.05, 3.63) is 95.3 Å². The number of benzene rings is 2. The molecule has 2 heterocycles. The van der Waals surface area contributed by atoms with Crippen molar-refractivity contribution in [3.8, 4) is 0 Å². The number of aromatic amines is 1. The van der Waals surface area contributed by atoms with Gasteiger partial charge < -0.3 is 10.7 Å². The van der Waals surface area contributed by atoms with Crippen molar-refractivity contribution in [2.24, 2.45) is 0 Å². The topological polar surface area (TPSA) is 54.7 Å². The van der Waals surface area contributed by atoms with Crippen LogP contribution in [0.5, 0.6) is 0 Å². The minimum absolute atomic E-state index is 0.0854. The van der Waals surface area contributed by atoms with Crippen LogP contribution in [0.15, 0.2) is 72.9 Å². The Morgan fingerprint density at radius 2 is 1.68 bits per heavy atom. The molecule has 5 rings (SSSR count). The van der Waals surface area contributed by atoms with Gasteiger partial charge in [0.2, 0.25) is 0 Å². The Morgan fingerprint density at radius 1 is 0.880 bits per heavy atom. The van der Waals surface area contributed by atoms with Crippen molar-refractivity contribution in [3.63, 3.8) is 0 Å². The average molecular weight is 323 g/mol. The smallest absolute Gasteiger partial charge is 0.105 e. The number of H-pyrrole nitrogens is 1. The van der Waals surface area contributed by atoms with Gasteiger partial charge in [0.1, 0.15) is 5.82 Å². The minimum atomic E-state index is 0.0854. The van der Waals surface area contributed by atoms with Crippen molar-refractivity contribution in [2.45, 2.75) is 5.92 Å². The Morgan fingerprint density at radius 3 is 2.56 bits per heavy atom. The number of pyridine rings is 1. The predicted octanol–water partition coefficient (Wildman–Crippen LogP) is 4.83. The van der Waals surface area contributed by atoms with E-state index in [1.165, 1.54) is 22.1 Å². The molecule has 3 N–H and O–H groups in total. The Kier molecular flexibility index (Phi) is 3.01. The number of hydrogen-bond donors (Lipinski definition) is 2. The molecule has 1 aliphatic rings. The van der Waals surface area contributed by atoms with Gasteiger partial charge in [-0.05, 0) is 41.0 Å². The average Bonchev–Trinajstić information content (AvgIpc) is 3.19. The van der Waals surface area contributed by atoms with Gasteiger partial charge in [-0.25, -0.2) is 0 Å². The van der Waals surface area contributed by atoms with Crippen LogP contribution in [0.2, 0.25) is 0 Å². The lowest BCUT2D eigenvalue weighted by Crippen LogP contribution is -2.04. The number of para-hydroxylation sites is 1. The molecule has 2 aromatic heterocycles. The van der Waals surface area contributed by atoms with Crippen molar-refractivity contribution in [1.82, 2.24) is 9.97 Å². The monoisotopic (exact) mass is 323 g/mol. The largest absolute Gasteiger partial charge is 0.385 e. The van der Waals surface area contributed by atoms with Gasteiger partial charge in [-0.2, -0.15) is 0 Å². The highest BCUT2D eigenvalue weighted by atomic mass is 14.9. The molecule has 120 valence electrons. The van der Waals surface area contributed by atoms with Gasteiger partial charge in [0.15, 0.2) is 0 Å². The van der Waals surface area contributed by atoms with E-state index >= 15 is 0 Å². The normalized spacial score (nSPS) is 16.0. The number of nitrogens with two attached hydrogens (primary N) is 1. The molecular formula is C22H17N3. The van der Waals surface area contributed by atoms with Crippen molar-refractivity contribution in [2.75, 3.05) is 5.73 Å². The molecule has 1 aliphatic carbocycles. The number of anilines is 1. The number of nitrogens with zero attached hydrogens (tertiary/aromatic N) is 1. The van der Waals surface area contributed by atoms with Crippen LogP contribution in [0.25, 0.3) is 22.6 Å². The number of hydrogen-bond acceptors (Lipinski definition) is 2. The summed E-state index contributed by atoms with van der Waals surface area (Å²) < 4.78 is 0. The zero-order chi connectivity index (χ0) is 16.8. The zero-order valence-corrected chi connectivity index (χ0v) is 13.6. The highest BCUT2D eigenvalue weighted by Gasteiger charge is 2.31. The molecule has 1 atom stereocenters. The molecule has 0 fully saturated rings. The maximum atomic E-state index is 6.43. The van der Waals surface area contributed by atoms with E-state index in [0.29, 0.717) is 0 Å². The fourth-order valence-corrected chi connectivity index (χ4v) is 3.89. The molecule has 0 amide bonds. The Bertz CT molecular complexity index is 1110. The number of rotatable bonds is 2. The van der Waals surface area contributed by atoms with Gasteiger partial charge in [0.05, 0.1) is 5.69 Å². The van der Waals surface area contributed by atoms with Crippen LogP contribution in [-0.2, 0) is 0 Å². The summed E-state index contributed by atoms with van der Waals surface area (Å²) in [7, 11) is 0. The molecule has 0 saturated carbocycles. The Labute approximate surface area is 145 Å². The maximum Gasteiger partial charge on any atom is 0.105 e. The first-order valence-corrected chi connectivity index (χ1v) is 8.41. The Hall–Kier alpha value is -3.33. The van der Waals surface area contributed by atoms with Crippen molar-refractivity contribution in [1.29, 1.82) is 0 Å². The highest BCUT2D eigenvalue weighted by Crippen LogP contribution is 2.48. The second-order valence-electron chi connectivity index (χ2n) is 6.37. The molecule has 0 bridgehead atoms. The lowest BCUT2D eigenvalue weighted by molar-refractivity contribution is 1.06. The summed E-state index contributed by atoms with van der Waals surface area (Å²) in [5.41, 5.74) is 13.3. The van der Waals surface area contributed by atoms with Crippen molar-refractivity contribution < 1.29 is 0 Å². The molecule has 2 aromatic carbocycles. The number of allylic oxidation sites excluding steroid dienone is 1. The van der Waals surface area contributed by atoms with E-state index in [9.17, 15) is 0 Å². The molecule has 3 nitrogen and oxygen atoms in total. The fourth-order valence-electron chi connectivity index (χ4n) is 3.89. The number of aromatic nitrogens is 2. The van der Waals surface area contributed by atoms with Crippen LogP contribution >= 0.6 is 0 Å². The van der Waals surface area contributed by atoms with Crippen molar-refractivity contribution >= 4 is 28.4 Å². The third-order valence-electron chi connectivity index (χ3n) is 4.96. The number of nitrogens with one attached hydrogen (secondary N) is 1. The lowest BCUT2D eigenvalue weighted by Gasteiger charge is -2.17. The summed E-state index contributed by atoms with van der Waals surface area (Å²) >= 11 is 0. The summed E-state index contributed by atoms with van der Waals surface area (Å²) in [5, 5.41) is 1.17. The molecule has 0 spiro atoms. The standard InChI is InChI=1S/C22H17N3/c23-22-21(16-9-3-4-11-19(16)25-22)20-15-8-2-1-7-14(15)13-17(20)18-10-5-6-12-24-18/h1-13,20,25H,23H2. The molecule has 4 aromatic rings. The van der Waals surface area contributed by atoms with Crippen LogP contribution in [0.4, 0.5) is 5.82 Å². The van der Waals surface area contributed by atoms with E-state index in [1.807, 2.05) is 24.4 Å². The first-order valence-electron chi connectivity index (χ1n) is 8.41. The predicted molar refractivity (Wildman–Crippen MR) is 103 cm³/mol.